The molecular weight excluding hydrogens is 244 g/mol. The van der Waals surface area contributed by atoms with Crippen LogP contribution in [-0.2, 0) is 16.1 Å². The fourth-order valence-corrected chi connectivity index (χ4v) is 1.70. The van der Waals surface area contributed by atoms with Crippen LogP contribution in [0.3, 0.4) is 0 Å². The largest absolute Gasteiger partial charge is 0.435 e. The van der Waals surface area contributed by atoms with E-state index in [2.05, 4.69) is 4.74 Å². The molecule has 2 rings (SSSR count). The summed E-state index contributed by atoms with van der Waals surface area (Å²) in [5.41, 5.74) is 0.733. The third-order valence-electron chi connectivity index (χ3n) is 2.53. The first-order chi connectivity index (χ1) is 8.65. The van der Waals surface area contributed by atoms with E-state index in [0.29, 0.717) is 13.2 Å². The Hall–Kier alpha value is -1.69. The summed E-state index contributed by atoms with van der Waals surface area (Å²) in [5.74, 6) is -0.0475. The van der Waals surface area contributed by atoms with Gasteiger partial charge in [0.25, 0.3) is 5.91 Å². The minimum atomic E-state index is -2.84. The van der Waals surface area contributed by atoms with Crippen LogP contribution in [0.5, 0.6) is 5.75 Å². The van der Waals surface area contributed by atoms with Gasteiger partial charge in [0, 0.05) is 0 Å². The van der Waals surface area contributed by atoms with Crippen LogP contribution in [0.25, 0.3) is 0 Å². The lowest BCUT2D eigenvalue weighted by atomic mass is 10.1. The molecule has 0 radical (unpaired) electrons. The highest BCUT2D eigenvalue weighted by atomic mass is 19.3. The molecule has 4 nitrogen and oxygen atoms in total. The lowest BCUT2D eigenvalue weighted by Gasteiger charge is -2.13. The maximum absolute atomic E-state index is 11.9. The Kier molecular flexibility index (Phi) is 4.09. The van der Waals surface area contributed by atoms with E-state index >= 15 is 0 Å². The van der Waals surface area contributed by atoms with Crippen molar-refractivity contribution < 1.29 is 23.1 Å². The van der Waals surface area contributed by atoms with Crippen molar-refractivity contribution in [2.24, 2.45) is 0 Å². The number of ether oxygens (including phenoxy) is 1. The van der Waals surface area contributed by atoms with Crippen molar-refractivity contribution in [3.8, 4) is 5.75 Å². The van der Waals surface area contributed by atoms with Gasteiger partial charge >= 0.3 is 6.61 Å². The molecule has 0 atom stereocenters. The van der Waals surface area contributed by atoms with E-state index in [1.807, 2.05) is 0 Å². The van der Waals surface area contributed by atoms with Gasteiger partial charge in [-0.15, -0.1) is 0 Å². The van der Waals surface area contributed by atoms with Crippen molar-refractivity contribution in [1.82, 2.24) is 5.06 Å². The van der Waals surface area contributed by atoms with Gasteiger partial charge in [0.05, 0.1) is 19.6 Å². The lowest BCUT2D eigenvalue weighted by molar-refractivity contribution is -0.167. The van der Waals surface area contributed by atoms with E-state index < -0.39 is 6.61 Å². The molecule has 1 saturated heterocycles. The molecule has 1 aliphatic rings. The number of rotatable bonds is 4. The van der Waals surface area contributed by atoms with Crippen LogP contribution in [0.2, 0.25) is 0 Å². The highest BCUT2D eigenvalue weighted by molar-refractivity contribution is 5.77. The molecule has 0 N–H and O–H groups in total. The summed E-state index contributed by atoms with van der Waals surface area (Å²) in [6.45, 7) is -1.67. The summed E-state index contributed by atoms with van der Waals surface area (Å²) in [6.07, 6.45) is 1.03. The van der Waals surface area contributed by atoms with E-state index in [-0.39, 0.29) is 18.1 Å². The molecule has 18 heavy (non-hydrogen) atoms. The number of hydrogen-bond acceptors (Lipinski definition) is 3. The normalized spacial score (nSPS) is 15.2. The Morgan fingerprint density at radius 2 is 2.11 bits per heavy atom. The number of nitrogens with zero attached hydrogens (tertiary/aromatic N) is 1. The first-order valence-electron chi connectivity index (χ1n) is 5.62. The van der Waals surface area contributed by atoms with Crippen LogP contribution in [0.15, 0.2) is 24.3 Å². The fraction of sp³-hybridized carbons (Fsp3) is 0.417. The van der Waals surface area contributed by atoms with Crippen molar-refractivity contribution in [3.63, 3.8) is 0 Å². The smallest absolute Gasteiger partial charge is 0.387 e. The van der Waals surface area contributed by atoms with Gasteiger partial charge in [-0.2, -0.15) is 8.78 Å². The number of carbonyl (C=O) groups excluding carboxylic acids is 1. The molecule has 1 aromatic carbocycles. The molecule has 0 aromatic heterocycles. The molecule has 0 aliphatic carbocycles. The second-order valence-corrected chi connectivity index (χ2v) is 3.88. The van der Waals surface area contributed by atoms with Gasteiger partial charge < -0.3 is 4.74 Å². The zero-order valence-corrected chi connectivity index (χ0v) is 9.64. The Balaban J connectivity index is 1.91. The minimum Gasteiger partial charge on any atom is -0.435 e. The Morgan fingerprint density at radius 1 is 1.39 bits per heavy atom. The average Bonchev–Trinajstić information content (AvgIpc) is 2.84. The van der Waals surface area contributed by atoms with Gasteiger partial charge in [-0.25, -0.2) is 5.06 Å². The molecule has 0 spiro atoms. The number of benzene rings is 1. The number of hydroxylamine groups is 2. The molecule has 1 aliphatic heterocycles. The molecule has 0 saturated carbocycles. The van der Waals surface area contributed by atoms with E-state index in [4.69, 9.17) is 4.84 Å². The van der Waals surface area contributed by atoms with Crippen LogP contribution in [0.4, 0.5) is 8.78 Å². The molecule has 1 heterocycles. The first kappa shape index (κ1) is 12.8. The molecule has 1 aromatic rings. The predicted octanol–water partition coefficient (Wildman–Crippen LogP) is 1.99. The van der Waals surface area contributed by atoms with Gasteiger partial charge in [-0.05, 0) is 24.1 Å². The van der Waals surface area contributed by atoms with Crippen LogP contribution in [-0.4, -0.2) is 30.7 Å². The Labute approximate surface area is 103 Å². The van der Waals surface area contributed by atoms with Gasteiger partial charge in [0.2, 0.25) is 0 Å². The van der Waals surface area contributed by atoms with Crippen molar-refractivity contribution in [3.05, 3.63) is 29.8 Å². The summed E-state index contributed by atoms with van der Waals surface area (Å²) in [4.78, 5) is 16.9. The number of halogens is 2. The second-order valence-electron chi connectivity index (χ2n) is 3.88. The van der Waals surface area contributed by atoms with Crippen LogP contribution in [0, 0.1) is 0 Å². The van der Waals surface area contributed by atoms with Gasteiger partial charge in [-0.3, -0.25) is 9.63 Å². The van der Waals surface area contributed by atoms with Gasteiger partial charge in [0.1, 0.15) is 5.75 Å². The molecule has 1 amide bonds. The summed E-state index contributed by atoms with van der Waals surface area (Å²) in [7, 11) is 0. The summed E-state index contributed by atoms with van der Waals surface area (Å²) in [5, 5.41) is 1.34. The standard InChI is InChI=1S/C12H13F2NO3/c13-12(14)18-10-4-2-9(3-5-10)8-11(16)15-6-1-7-17-15/h2-5,12H,1,6-8H2. The maximum atomic E-state index is 11.9. The molecule has 6 heteroatoms. The number of hydrogen-bond donors (Lipinski definition) is 0. The van der Waals surface area contributed by atoms with Gasteiger partial charge in [-0.1, -0.05) is 12.1 Å². The van der Waals surface area contributed by atoms with Crippen molar-refractivity contribution >= 4 is 5.91 Å². The molecular formula is C12H13F2NO3. The lowest BCUT2D eigenvalue weighted by Crippen LogP contribution is -2.27. The SMILES string of the molecule is O=C(Cc1ccc(OC(F)F)cc1)N1CCCO1. The van der Waals surface area contributed by atoms with E-state index in [1.54, 1.807) is 12.1 Å². The summed E-state index contributed by atoms with van der Waals surface area (Å²) >= 11 is 0. The number of amides is 1. The monoisotopic (exact) mass is 257 g/mol. The number of carbonyl (C=O) groups is 1. The number of alkyl halides is 2. The van der Waals surface area contributed by atoms with Crippen molar-refractivity contribution in [2.45, 2.75) is 19.5 Å². The zero-order valence-electron chi connectivity index (χ0n) is 9.64. The van der Waals surface area contributed by atoms with Crippen LogP contribution in [0.1, 0.15) is 12.0 Å². The molecule has 0 unspecified atom stereocenters. The minimum absolute atomic E-state index is 0.0821. The predicted molar refractivity (Wildman–Crippen MR) is 59.1 cm³/mol. The average molecular weight is 257 g/mol. The fourth-order valence-electron chi connectivity index (χ4n) is 1.70. The molecule has 98 valence electrons. The summed E-state index contributed by atoms with van der Waals surface area (Å²) in [6, 6.07) is 6.01. The Morgan fingerprint density at radius 3 is 2.67 bits per heavy atom. The highest BCUT2D eigenvalue weighted by Gasteiger charge is 2.19. The van der Waals surface area contributed by atoms with Crippen LogP contribution < -0.4 is 4.74 Å². The quantitative estimate of drug-likeness (QED) is 0.828. The molecule has 0 bridgehead atoms. The summed E-state index contributed by atoms with van der Waals surface area (Å²) < 4.78 is 28.1. The third-order valence-corrected chi connectivity index (χ3v) is 2.53. The van der Waals surface area contributed by atoms with Crippen LogP contribution >= 0.6 is 0 Å². The van der Waals surface area contributed by atoms with Crippen molar-refractivity contribution in [2.75, 3.05) is 13.2 Å². The maximum Gasteiger partial charge on any atom is 0.387 e. The third kappa shape index (κ3) is 3.40. The Bertz CT molecular complexity index is 402. The van der Waals surface area contributed by atoms with Crippen molar-refractivity contribution in [1.29, 1.82) is 0 Å². The van der Waals surface area contributed by atoms with Gasteiger partial charge in [0.15, 0.2) is 0 Å². The van der Waals surface area contributed by atoms with E-state index in [9.17, 15) is 13.6 Å². The molecule has 1 fully saturated rings. The second kappa shape index (κ2) is 5.77. The topological polar surface area (TPSA) is 38.8 Å². The van der Waals surface area contributed by atoms with E-state index in [1.165, 1.54) is 17.2 Å². The first-order valence-corrected chi connectivity index (χ1v) is 5.62. The van der Waals surface area contributed by atoms with E-state index in [0.717, 1.165) is 12.0 Å². The zero-order chi connectivity index (χ0) is 13.0. The highest BCUT2D eigenvalue weighted by Crippen LogP contribution is 2.16.